The number of aromatic nitrogens is 3. The standard InChI is InChI=1S/C17H17N5O2S/c23-15-14(11-6-2-1-3-7-11)16(24)19-17(18-15)25-10-22-13-9-5-4-8-12(13)20-21-22/h1-9,14-15,17-18,23H,10H2,(H,19,24). The highest BCUT2D eigenvalue weighted by molar-refractivity contribution is 7.98. The van der Waals surface area contributed by atoms with E-state index in [0.29, 0.717) is 5.88 Å². The van der Waals surface area contributed by atoms with Crippen molar-refractivity contribution in [3.05, 3.63) is 60.2 Å². The van der Waals surface area contributed by atoms with E-state index in [1.165, 1.54) is 11.8 Å². The zero-order valence-corrected chi connectivity index (χ0v) is 14.1. The summed E-state index contributed by atoms with van der Waals surface area (Å²) >= 11 is 1.43. The predicted octanol–water partition coefficient (Wildman–Crippen LogP) is 1.23. The van der Waals surface area contributed by atoms with Gasteiger partial charge in [0, 0.05) is 0 Å². The molecular weight excluding hydrogens is 338 g/mol. The van der Waals surface area contributed by atoms with E-state index < -0.39 is 17.6 Å². The van der Waals surface area contributed by atoms with Crippen molar-refractivity contribution in [2.24, 2.45) is 0 Å². The molecule has 2 aromatic carbocycles. The van der Waals surface area contributed by atoms with E-state index in [0.717, 1.165) is 16.6 Å². The largest absolute Gasteiger partial charge is 0.377 e. The van der Waals surface area contributed by atoms with Gasteiger partial charge in [-0.15, -0.1) is 5.10 Å². The van der Waals surface area contributed by atoms with Gasteiger partial charge in [-0.25, -0.2) is 4.68 Å². The maximum atomic E-state index is 12.4. The minimum absolute atomic E-state index is 0.196. The van der Waals surface area contributed by atoms with Gasteiger partial charge in [-0.1, -0.05) is 59.4 Å². The van der Waals surface area contributed by atoms with Gasteiger partial charge in [-0.3, -0.25) is 10.1 Å². The Morgan fingerprint density at radius 3 is 2.68 bits per heavy atom. The van der Waals surface area contributed by atoms with Crippen molar-refractivity contribution in [3.8, 4) is 0 Å². The smallest absolute Gasteiger partial charge is 0.233 e. The molecule has 1 amide bonds. The number of hydrogen-bond acceptors (Lipinski definition) is 6. The monoisotopic (exact) mass is 355 g/mol. The molecule has 1 aliphatic heterocycles. The van der Waals surface area contributed by atoms with Gasteiger partial charge >= 0.3 is 0 Å². The van der Waals surface area contributed by atoms with Crippen LogP contribution in [0.1, 0.15) is 11.5 Å². The number of aliphatic hydroxyl groups excluding tert-OH is 1. The maximum Gasteiger partial charge on any atom is 0.233 e. The lowest BCUT2D eigenvalue weighted by Gasteiger charge is -2.34. The van der Waals surface area contributed by atoms with Gasteiger partial charge < -0.3 is 10.4 Å². The van der Waals surface area contributed by atoms with Crippen LogP contribution < -0.4 is 10.6 Å². The molecule has 7 nitrogen and oxygen atoms in total. The first kappa shape index (κ1) is 16.1. The van der Waals surface area contributed by atoms with E-state index >= 15 is 0 Å². The molecule has 4 rings (SSSR count). The SMILES string of the molecule is O=C1NC(SCn2nnc3ccccc32)NC(O)C1c1ccccc1. The Morgan fingerprint density at radius 1 is 1.12 bits per heavy atom. The molecule has 1 saturated heterocycles. The lowest BCUT2D eigenvalue weighted by atomic mass is 9.95. The first-order chi connectivity index (χ1) is 12.2. The highest BCUT2D eigenvalue weighted by Gasteiger charge is 2.36. The van der Waals surface area contributed by atoms with Gasteiger partial charge in [0.15, 0.2) is 0 Å². The van der Waals surface area contributed by atoms with Crippen LogP contribution in [0.5, 0.6) is 0 Å². The second-order valence-corrected chi connectivity index (χ2v) is 6.82. The van der Waals surface area contributed by atoms with Crippen LogP contribution in [0.15, 0.2) is 54.6 Å². The Kier molecular flexibility index (Phi) is 4.39. The number of fused-ring (bicyclic) bond motifs is 1. The Balaban J connectivity index is 1.43. The van der Waals surface area contributed by atoms with E-state index in [2.05, 4.69) is 20.9 Å². The van der Waals surface area contributed by atoms with E-state index in [-0.39, 0.29) is 5.91 Å². The second-order valence-electron chi connectivity index (χ2n) is 5.76. The molecular formula is C17H17N5O2S. The van der Waals surface area contributed by atoms with E-state index in [9.17, 15) is 9.90 Å². The van der Waals surface area contributed by atoms with Crippen molar-refractivity contribution in [2.45, 2.75) is 23.5 Å². The van der Waals surface area contributed by atoms with Crippen LogP contribution in [-0.4, -0.2) is 37.7 Å². The number of nitrogens with zero attached hydrogens (tertiary/aromatic N) is 3. The number of carbonyl (C=O) groups excluding carboxylic acids is 1. The van der Waals surface area contributed by atoms with Gasteiger partial charge in [-0.05, 0) is 17.7 Å². The van der Waals surface area contributed by atoms with Gasteiger partial charge in [0.1, 0.15) is 23.2 Å². The molecule has 3 unspecified atom stereocenters. The number of benzene rings is 2. The Labute approximate surface area is 148 Å². The summed E-state index contributed by atoms with van der Waals surface area (Å²) in [5.74, 6) is -0.315. The molecule has 0 radical (unpaired) electrons. The lowest BCUT2D eigenvalue weighted by Crippen LogP contribution is -2.59. The molecule has 1 aliphatic rings. The number of thioether (sulfide) groups is 1. The first-order valence-corrected chi connectivity index (χ1v) is 8.96. The molecule has 0 saturated carbocycles. The number of aliphatic hydroxyl groups is 1. The van der Waals surface area contributed by atoms with Crippen molar-refractivity contribution >= 4 is 28.7 Å². The van der Waals surface area contributed by atoms with Crippen molar-refractivity contribution < 1.29 is 9.90 Å². The molecule has 2 heterocycles. The fraction of sp³-hybridized carbons (Fsp3) is 0.235. The summed E-state index contributed by atoms with van der Waals surface area (Å²) in [5, 5.41) is 24.5. The molecule has 0 spiro atoms. The summed E-state index contributed by atoms with van der Waals surface area (Å²) in [6.45, 7) is 0. The van der Waals surface area contributed by atoms with Crippen LogP contribution in [0.25, 0.3) is 11.0 Å². The quantitative estimate of drug-likeness (QED) is 0.652. The average Bonchev–Trinajstić information content (AvgIpc) is 3.04. The van der Waals surface area contributed by atoms with Gasteiger partial charge in [0.25, 0.3) is 0 Å². The van der Waals surface area contributed by atoms with Crippen LogP contribution in [0.2, 0.25) is 0 Å². The van der Waals surface area contributed by atoms with Crippen LogP contribution in [0.3, 0.4) is 0 Å². The topological polar surface area (TPSA) is 92.1 Å². The summed E-state index contributed by atoms with van der Waals surface area (Å²) in [6, 6.07) is 17.0. The molecule has 8 heteroatoms. The number of amides is 1. The zero-order valence-electron chi connectivity index (χ0n) is 13.2. The lowest BCUT2D eigenvalue weighted by molar-refractivity contribution is -0.129. The number of carbonyl (C=O) groups is 1. The molecule has 1 aromatic heterocycles. The minimum Gasteiger partial charge on any atom is -0.377 e. The Morgan fingerprint density at radius 2 is 1.88 bits per heavy atom. The Hall–Kier alpha value is -2.42. The molecule has 3 atom stereocenters. The van der Waals surface area contributed by atoms with Crippen LogP contribution in [0, 0.1) is 0 Å². The van der Waals surface area contributed by atoms with Crippen LogP contribution in [0.4, 0.5) is 0 Å². The summed E-state index contributed by atoms with van der Waals surface area (Å²) in [5.41, 5.74) is 2.14. The molecule has 3 N–H and O–H groups in total. The molecule has 1 fully saturated rings. The maximum absolute atomic E-state index is 12.4. The highest BCUT2D eigenvalue weighted by Crippen LogP contribution is 2.25. The van der Waals surface area contributed by atoms with Gasteiger partial charge in [-0.2, -0.15) is 0 Å². The molecule has 3 aromatic rings. The first-order valence-electron chi connectivity index (χ1n) is 7.91. The second kappa shape index (κ2) is 6.83. The number of hydrogen-bond donors (Lipinski definition) is 3. The highest BCUT2D eigenvalue weighted by atomic mass is 32.2. The third-order valence-corrected chi connectivity index (χ3v) is 5.12. The summed E-state index contributed by atoms with van der Waals surface area (Å²) in [4.78, 5) is 12.4. The van der Waals surface area contributed by atoms with E-state index in [1.807, 2.05) is 54.6 Å². The fourth-order valence-corrected chi connectivity index (χ4v) is 3.81. The van der Waals surface area contributed by atoms with Gasteiger partial charge in [0.05, 0.1) is 11.4 Å². The van der Waals surface area contributed by atoms with Crippen molar-refractivity contribution in [2.75, 3.05) is 0 Å². The minimum atomic E-state index is -0.943. The number of nitrogens with one attached hydrogen (secondary N) is 2. The normalized spacial score (nSPS) is 23.6. The molecule has 0 aliphatic carbocycles. The number of rotatable bonds is 4. The van der Waals surface area contributed by atoms with Crippen molar-refractivity contribution in [1.82, 2.24) is 25.6 Å². The third kappa shape index (κ3) is 3.23. The number of para-hydroxylation sites is 1. The summed E-state index contributed by atoms with van der Waals surface area (Å²) < 4.78 is 1.77. The average molecular weight is 355 g/mol. The summed E-state index contributed by atoms with van der Waals surface area (Å²) in [7, 11) is 0. The van der Waals surface area contributed by atoms with Crippen LogP contribution >= 0.6 is 11.8 Å². The zero-order chi connectivity index (χ0) is 17.2. The van der Waals surface area contributed by atoms with E-state index in [1.54, 1.807) is 4.68 Å². The van der Waals surface area contributed by atoms with Gasteiger partial charge in [0.2, 0.25) is 5.91 Å². The van der Waals surface area contributed by atoms with E-state index in [4.69, 9.17) is 0 Å². The van der Waals surface area contributed by atoms with Crippen molar-refractivity contribution in [1.29, 1.82) is 0 Å². The summed E-state index contributed by atoms with van der Waals surface area (Å²) in [6.07, 6.45) is -0.943. The molecule has 25 heavy (non-hydrogen) atoms. The Bertz CT molecular complexity index is 885. The van der Waals surface area contributed by atoms with Crippen molar-refractivity contribution in [3.63, 3.8) is 0 Å². The molecule has 128 valence electrons. The third-order valence-electron chi connectivity index (χ3n) is 4.14. The molecule has 0 bridgehead atoms. The predicted molar refractivity (Wildman–Crippen MR) is 95.4 cm³/mol. The van der Waals surface area contributed by atoms with Crippen LogP contribution in [-0.2, 0) is 10.7 Å². The fourth-order valence-electron chi connectivity index (χ4n) is 2.90.